The van der Waals surface area contributed by atoms with Crippen LogP contribution in [-0.4, -0.2) is 68.0 Å². The predicted octanol–water partition coefficient (Wildman–Crippen LogP) is 1.80. The molecule has 10 heteroatoms. The Morgan fingerprint density at radius 3 is 1.89 bits per heavy atom. The lowest BCUT2D eigenvalue weighted by atomic mass is 10.1. The van der Waals surface area contributed by atoms with Crippen LogP contribution in [0.4, 0.5) is 5.69 Å². The second-order valence-electron chi connectivity index (χ2n) is 8.14. The van der Waals surface area contributed by atoms with E-state index in [1.165, 1.54) is 0 Å². The third-order valence-corrected chi connectivity index (χ3v) is 5.57. The number of carbonyl (C=O) groups excluding carboxylic acids is 3. The Bertz CT molecular complexity index is 1370. The van der Waals surface area contributed by atoms with Crippen molar-refractivity contribution in [1.82, 2.24) is 31.2 Å². The molecular formula is C25H29N7O3. The minimum atomic E-state index is -0.305. The maximum Gasteiger partial charge on any atom is 0.272 e. The topological polar surface area (TPSA) is 143 Å². The number of likely N-dealkylation sites (N-methyl/N-ethyl adjacent to an activating group) is 2. The van der Waals surface area contributed by atoms with Crippen molar-refractivity contribution >= 4 is 45.2 Å². The quantitative estimate of drug-likeness (QED) is 0.175. The molecule has 0 atom stereocenters. The minimum Gasteiger partial charge on any atom is -0.351 e. The zero-order chi connectivity index (χ0) is 24.8. The van der Waals surface area contributed by atoms with Gasteiger partial charge in [0.05, 0.1) is 0 Å². The maximum atomic E-state index is 12.9. The summed E-state index contributed by atoms with van der Waals surface area (Å²) in [4.78, 5) is 43.6. The van der Waals surface area contributed by atoms with Crippen molar-refractivity contribution in [3.05, 3.63) is 65.5 Å². The van der Waals surface area contributed by atoms with Crippen molar-refractivity contribution in [1.29, 1.82) is 0 Å². The highest BCUT2D eigenvalue weighted by Crippen LogP contribution is 2.22. The summed E-state index contributed by atoms with van der Waals surface area (Å²) < 4.78 is 0. The molecular weight excluding hydrogens is 446 g/mol. The third-order valence-electron chi connectivity index (χ3n) is 5.57. The number of amides is 3. The molecule has 2 aromatic heterocycles. The molecule has 0 spiro atoms. The van der Waals surface area contributed by atoms with Crippen LogP contribution in [0.2, 0.25) is 0 Å². The fraction of sp³-hybridized carbons (Fsp3) is 0.240. The van der Waals surface area contributed by atoms with Crippen molar-refractivity contribution in [2.24, 2.45) is 0 Å². The molecule has 4 rings (SSSR count). The molecule has 0 saturated heterocycles. The van der Waals surface area contributed by atoms with E-state index >= 15 is 0 Å². The number of anilines is 1. The molecule has 0 saturated carbocycles. The van der Waals surface area contributed by atoms with E-state index in [2.05, 4.69) is 36.6 Å². The number of rotatable bonds is 10. The van der Waals surface area contributed by atoms with Crippen LogP contribution in [0.15, 0.2) is 48.5 Å². The second kappa shape index (κ2) is 10.9. The van der Waals surface area contributed by atoms with Gasteiger partial charge in [-0.25, -0.2) is 0 Å². The van der Waals surface area contributed by atoms with Crippen LogP contribution in [0.25, 0.3) is 21.8 Å². The normalized spacial score (nSPS) is 11.0. The lowest BCUT2D eigenvalue weighted by molar-refractivity contribution is 0.0943. The standard InChI is InChI=1S/C25H29N7O3/c1-26-7-9-28-23(33)15-3-5-19-16(11-15)13-22(32-19)25(35)30-18-4-6-20-17(12-18)14-21(31-20)24(34)29-10-8-27-2/h3-6,11-14,26-27,31-32H,7-10H2,1-2H3,(H,28,33)(H,29,34)(H,30,35). The second-order valence-corrected chi connectivity index (χ2v) is 8.14. The number of carbonyl (C=O) groups is 3. The zero-order valence-corrected chi connectivity index (χ0v) is 19.7. The van der Waals surface area contributed by atoms with Gasteiger partial charge in [0.2, 0.25) is 0 Å². The Morgan fingerprint density at radius 2 is 1.23 bits per heavy atom. The zero-order valence-electron chi connectivity index (χ0n) is 19.7. The molecule has 0 unspecified atom stereocenters. The predicted molar refractivity (Wildman–Crippen MR) is 137 cm³/mol. The van der Waals surface area contributed by atoms with Gasteiger partial charge in [-0.05, 0) is 62.6 Å². The molecule has 3 amide bonds. The number of hydrogen-bond donors (Lipinski definition) is 7. The van der Waals surface area contributed by atoms with Crippen molar-refractivity contribution < 1.29 is 14.4 Å². The Hall–Kier alpha value is -4.15. The minimum absolute atomic E-state index is 0.163. The van der Waals surface area contributed by atoms with Gasteiger partial charge in [-0.3, -0.25) is 14.4 Å². The summed E-state index contributed by atoms with van der Waals surface area (Å²) >= 11 is 0. The largest absolute Gasteiger partial charge is 0.351 e. The highest BCUT2D eigenvalue weighted by molar-refractivity contribution is 6.08. The maximum absolute atomic E-state index is 12.9. The molecule has 7 N–H and O–H groups in total. The SMILES string of the molecule is CNCCNC(=O)c1ccc2[nH]c(C(=O)Nc3ccc4[nH]c(C(=O)NCCNC)cc4c3)cc2c1. The van der Waals surface area contributed by atoms with E-state index in [0.29, 0.717) is 48.8 Å². The highest BCUT2D eigenvalue weighted by Gasteiger charge is 2.14. The van der Waals surface area contributed by atoms with Gasteiger partial charge in [-0.1, -0.05) is 0 Å². The Labute approximate surface area is 202 Å². The number of aromatic amines is 2. The number of benzene rings is 2. The molecule has 0 aliphatic carbocycles. The van der Waals surface area contributed by atoms with Crippen molar-refractivity contribution in [3.8, 4) is 0 Å². The molecule has 0 aliphatic rings. The molecule has 2 heterocycles. The lowest BCUT2D eigenvalue weighted by Crippen LogP contribution is -2.30. The lowest BCUT2D eigenvalue weighted by Gasteiger charge is -2.04. The Morgan fingerprint density at radius 1 is 0.657 bits per heavy atom. The molecule has 0 fully saturated rings. The van der Waals surface area contributed by atoms with E-state index < -0.39 is 0 Å². The first-order chi connectivity index (χ1) is 17.0. The number of nitrogens with one attached hydrogen (secondary N) is 7. The summed E-state index contributed by atoms with van der Waals surface area (Å²) in [7, 11) is 3.65. The first kappa shape index (κ1) is 24.0. The Balaban J connectivity index is 1.45. The van der Waals surface area contributed by atoms with E-state index in [4.69, 9.17) is 0 Å². The monoisotopic (exact) mass is 475 g/mol. The van der Waals surface area contributed by atoms with Crippen molar-refractivity contribution in [2.75, 3.05) is 45.6 Å². The summed E-state index contributed by atoms with van der Waals surface area (Å²) in [6, 6.07) is 14.1. The van der Waals surface area contributed by atoms with Gasteiger partial charge < -0.3 is 36.6 Å². The van der Waals surface area contributed by atoms with Crippen LogP contribution in [0.5, 0.6) is 0 Å². The molecule has 0 bridgehead atoms. The number of hydrogen-bond acceptors (Lipinski definition) is 5. The van der Waals surface area contributed by atoms with E-state index in [1.54, 1.807) is 36.4 Å². The van der Waals surface area contributed by atoms with Gasteiger partial charge in [-0.2, -0.15) is 0 Å². The fourth-order valence-electron chi connectivity index (χ4n) is 3.73. The summed E-state index contributed by atoms with van der Waals surface area (Å²) in [6.07, 6.45) is 0. The van der Waals surface area contributed by atoms with Gasteiger partial charge >= 0.3 is 0 Å². The number of H-pyrrole nitrogens is 2. The van der Waals surface area contributed by atoms with Gasteiger partial charge in [0.1, 0.15) is 11.4 Å². The number of aromatic nitrogens is 2. The van der Waals surface area contributed by atoms with Crippen LogP contribution in [0.1, 0.15) is 31.3 Å². The van der Waals surface area contributed by atoms with Crippen LogP contribution >= 0.6 is 0 Å². The Kier molecular flexibility index (Phi) is 7.44. The van der Waals surface area contributed by atoms with Gasteiger partial charge in [-0.15, -0.1) is 0 Å². The highest BCUT2D eigenvalue weighted by atomic mass is 16.2. The van der Waals surface area contributed by atoms with Crippen molar-refractivity contribution in [2.45, 2.75) is 0 Å². The molecule has 182 valence electrons. The van der Waals surface area contributed by atoms with Gasteiger partial charge in [0.15, 0.2) is 0 Å². The summed E-state index contributed by atoms with van der Waals surface area (Å²) in [6.45, 7) is 2.42. The first-order valence-corrected chi connectivity index (χ1v) is 11.4. The first-order valence-electron chi connectivity index (χ1n) is 11.4. The number of fused-ring (bicyclic) bond motifs is 2. The summed E-state index contributed by atoms with van der Waals surface area (Å²) in [5.74, 6) is -0.652. The van der Waals surface area contributed by atoms with Crippen LogP contribution < -0.4 is 26.6 Å². The molecule has 35 heavy (non-hydrogen) atoms. The molecule has 0 aliphatic heterocycles. The average Bonchev–Trinajstić information content (AvgIpc) is 3.48. The fourth-order valence-corrected chi connectivity index (χ4v) is 3.73. The molecule has 0 radical (unpaired) electrons. The van der Waals surface area contributed by atoms with Crippen LogP contribution in [-0.2, 0) is 0 Å². The average molecular weight is 476 g/mol. The molecule has 4 aromatic rings. The van der Waals surface area contributed by atoms with Gasteiger partial charge in [0.25, 0.3) is 17.7 Å². The van der Waals surface area contributed by atoms with Crippen LogP contribution in [0, 0.1) is 0 Å². The third kappa shape index (κ3) is 5.68. The van der Waals surface area contributed by atoms with E-state index in [1.807, 2.05) is 26.2 Å². The van der Waals surface area contributed by atoms with E-state index in [9.17, 15) is 14.4 Å². The molecule has 10 nitrogen and oxygen atoms in total. The smallest absolute Gasteiger partial charge is 0.272 e. The molecule has 2 aromatic carbocycles. The van der Waals surface area contributed by atoms with Gasteiger partial charge in [0, 0.05) is 59.2 Å². The summed E-state index contributed by atoms with van der Waals surface area (Å²) in [5.41, 5.74) is 3.53. The van der Waals surface area contributed by atoms with Crippen LogP contribution in [0.3, 0.4) is 0 Å². The van der Waals surface area contributed by atoms with E-state index in [0.717, 1.165) is 21.8 Å². The van der Waals surface area contributed by atoms with Crippen molar-refractivity contribution in [3.63, 3.8) is 0 Å². The summed E-state index contributed by atoms with van der Waals surface area (Å²) in [5, 5.41) is 16.1. The van der Waals surface area contributed by atoms with E-state index in [-0.39, 0.29) is 17.7 Å².